The molecule has 5 heteroatoms. The molecule has 0 unspecified atom stereocenters. The number of rotatable bonds is 3. The minimum absolute atomic E-state index is 0.0149. The van der Waals surface area contributed by atoms with E-state index < -0.39 is 0 Å². The van der Waals surface area contributed by atoms with Gasteiger partial charge in [0.2, 0.25) is 5.91 Å². The number of nitrogens with one attached hydrogen (secondary N) is 1. The number of amides is 1. The molecule has 1 saturated heterocycles. The molecule has 0 saturated carbocycles. The molecule has 1 amide bonds. The highest BCUT2D eigenvalue weighted by Gasteiger charge is 2.17. The summed E-state index contributed by atoms with van der Waals surface area (Å²) in [6.07, 6.45) is 2.03. The van der Waals surface area contributed by atoms with Crippen LogP contribution in [0.25, 0.3) is 11.0 Å². The number of hydrogen-bond donors (Lipinski definition) is 1. The molecule has 0 aliphatic carbocycles. The molecule has 20 heavy (non-hydrogen) atoms. The number of hydrazine groups is 1. The highest BCUT2D eigenvalue weighted by Crippen LogP contribution is 2.20. The van der Waals surface area contributed by atoms with Crippen LogP contribution in [-0.2, 0) is 11.2 Å². The van der Waals surface area contributed by atoms with Crippen molar-refractivity contribution in [2.45, 2.75) is 6.42 Å². The van der Waals surface area contributed by atoms with Crippen molar-refractivity contribution in [1.29, 1.82) is 0 Å². The minimum atomic E-state index is 0.0149. The fourth-order valence-corrected chi connectivity index (χ4v) is 2.48. The average Bonchev–Trinajstić information content (AvgIpc) is 2.85. The maximum Gasteiger partial charge on any atom is 0.238 e. The Kier molecular flexibility index (Phi) is 3.71. The van der Waals surface area contributed by atoms with Crippen LogP contribution in [0.3, 0.4) is 0 Å². The van der Waals surface area contributed by atoms with E-state index in [9.17, 15) is 4.79 Å². The predicted octanol–water partition coefficient (Wildman–Crippen LogP) is 1.25. The molecule has 1 aliphatic heterocycles. The van der Waals surface area contributed by atoms with Gasteiger partial charge >= 0.3 is 0 Å². The lowest BCUT2D eigenvalue weighted by Crippen LogP contribution is -2.52. The Morgan fingerprint density at radius 1 is 1.25 bits per heavy atom. The van der Waals surface area contributed by atoms with Gasteiger partial charge < -0.3 is 9.32 Å². The van der Waals surface area contributed by atoms with Gasteiger partial charge in [-0.3, -0.25) is 10.2 Å². The third-order valence-corrected chi connectivity index (χ3v) is 3.70. The number of carbonyl (C=O) groups is 1. The average molecular weight is 273 g/mol. The van der Waals surface area contributed by atoms with Crippen molar-refractivity contribution in [2.24, 2.45) is 0 Å². The summed E-state index contributed by atoms with van der Waals surface area (Å²) in [5.41, 5.74) is 4.73. The first-order valence-electron chi connectivity index (χ1n) is 6.90. The van der Waals surface area contributed by atoms with Crippen LogP contribution >= 0.6 is 0 Å². The van der Waals surface area contributed by atoms with E-state index >= 15 is 0 Å². The van der Waals surface area contributed by atoms with Gasteiger partial charge in [0.1, 0.15) is 5.58 Å². The second-order valence-electron chi connectivity index (χ2n) is 5.26. The van der Waals surface area contributed by atoms with E-state index in [2.05, 4.69) is 17.4 Å². The van der Waals surface area contributed by atoms with E-state index in [1.54, 1.807) is 6.26 Å². The zero-order valence-corrected chi connectivity index (χ0v) is 11.6. The molecule has 1 fully saturated rings. The molecule has 0 spiro atoms. The van der Waals surface area contributed by atoms with Gasteiger partial charge in [0, 0.05) is 37.1 Å². The summed E-state index contributed by atoms with van der Waals surface area (Å²) >= 11 is 0. The van der Waals surface area contributed by atoms with Gasteiger partial charge in [-0.1, -0.05) is 18.2 Å². The van der Waals surface area contributed by atoms with Crippen LogP contribution in [-0.4, -0.2) is 49.0 Å². The van der Waals surface area contributed by atoms with Gasteiger partial charge in [-0.2, -0.15) is 0 Å². The molecule has 2 aromatic rings. The fraction of sp³-hybridized carbons (Fsp3) is 0.400. The number of nitrogens with zero attached hydrogens (tertiary/aromatic N) is 2. The first-order chi connectivity index (χ1) is 9.72. The number of likely N-dealkylation sites (N-methyl/N-ethyl adjacent to an activating group) is 1. The SMILES string of the molecule is CN1CCN(NC(=O)Cc2coc3ccccc23)CC1. The lowest BCUT2D eigenvalue weighted by molar-refractivity contribution is -0.126. The van der Waals surface area contributed by atoms with Crippen molar-refractivity contribution >= 4 is 16.9 Å². The Morgan fingerprint density at radius 2 is 2.00 bits per heavy atom. The molecular weight excluding hydrogens is 254 g/mol. The Morgan fingerprint density at radius 3 is 2.80 bits per heavy atom. The van der Waals surface area contributed by atoms with E-state index in [4.69, 9.17) is 4.42 Å². The molecule has 1 aromatic heterocycles. The van der Waals surface area contributed by atoms with Gasteiger partial charge in [-0.25, -0.2) is 5.01 Å². The minimum Gasteiger partial charge on any atom is -0.464 e. The first-order valence-corrected chi connectivity index (χ1v) is 6.90. The smallest absolute Gasteiger partial charge is 0.238 e. The van der Waals surface area contributed by atoms with Crippen LogP contribution in [0, 0.1) is 0 Å². The zero-order chi connectivity index (χ0) is 13.9. The lowest BCUT2D eigenvalue weighted by Gasteiger charge is -2.32. The largest absolute Gasteiger partial charge is 0.464 e. The standard InChI is InChI=1S/C15H19N3O2/c1-17-6-8-18(9-7-17)16-15(19)10-12-11-20-14-5-3-2-4-13(12)14/h2-5,11H,6-10H2,1H3,(H,16,19). The van der Waals surface area contributed by atoms with Gasteiger partial charge in [0.25, 0.3) is 0 Å². The normalized spacial score (nSPS) is 17.4. The molecule has 2 heterocycles. The number of piperazine rings is 1. The van der Waals surface area contributed by atoms with E-state index in [1.165, 1.54) is 0 Å². The summed E-state index contributed by atoms with van der Waals surface area (Å²) in [6.45, 7) is 3.70. The van der Waals surface area contributed by atoms with Crippen LogP contribution < -0.4 is 5.43 Å². The highest BCUT2D eigenvalue weighted by atomic mass is 16.3. The molecule has 106 valence electrons. The molecule has 1 aromatic carbocycles. The molecular formula is C15H19N3O2. The van der Waals surface area contributed by atoms with Crippen LogP contribution in [0.4, 0.5) is 0 Å². The number of hydrogen-bond acceptors (Lipinski definition) is 4. The van der Waals surface area contributed by atoms with Crippen molar-refractivity contribution in [2.75, 3.05) is 33.2 Å². The molecule has 3 rings (SSSR count). The van der Waals surface area contributed by atoms with Crippen molar-refractivity contribution < 1.29 is 9.21 Å². The fourth-order valence-electron chi connectivity index (χ4n) is 2.48. The third kappa shape index (κ3) is 2.84. The predicted molar refractivity (Wildman–Crippen MR) is 77.1 cm³/mol. The molecule has 5 nitrogen and oxygen atoms in total. The maximum atomic E-state index is 12.1. The molecule has 0 atom stereocenters. The van der Waals surface area contributed by atoms with Crippen molar-refractivity contribution in [3.63, 3.8) is 0 Å². The highest BCUT2D eigenvalue weighted by molar-refractivity contribution is 5.87. The summed E-state index contributed by atoms with van der Waals surface area (Å²) in [7, 11) is 2.09. The van der Waals surface area contributed by atoms with Gasteiger partial charge in [0.15, 0.2) is 0 Å². The zero-order valence-electron chi connectivity index (χ0n) is 11.6. The molecule has 0 bridgehead atoms. The maximum absolute atomic E-state index is 12.1. The van der Waals surface area contributed by atoms with Crippen molar-refractivity contribution in [1.82, 2.24) is 15.3 Å². The second kappa shape index (κ2) is 5.64. The Bertz CT molecular complexity index is 600. The van der Waals surface area contributed by atoms with Crippen LogP contribution in [0.15, 0.2) is 34.9 Å². The Labute approximate surface area is 118 Å². The summed E-state index contributed by atoms with van der Waals surface area (Å²) in [5, 5.41) is 3.01. The van der Waals surface area contributed by atoms with E-state index in [0.717, 1.165) is 42.7 Å². The van der Waals surface area contributed by atoms with E-state index in [0.29, 0.717) is 6.42 Å². The van der Waals surface area contributed by atoms with Gasteiger partial charge in [-0.15, -0.1) is 0 Å². The Balaban J connectivity index is 1.61. The van der Waals surface area contributed by atoms with Gasteiger partial charge in [0.05, 0.1) is 12.7 Å². The number of fused-ring (bicyclic) bond motifs is 1. The number of benzene rings is 1. The van der Waals surface area contributed by atoms with Crippen LogP contribution in [0.2, 0.25) is 0 Å². The molecule has 0 radical (unpaired) electrons. The molecule has 1 aliphatic rings. The van der Waals surface area contributed by atoms with Crippen molar-refractivity contribution in [3.05, 3.63) is 36.1 Å². The lowest BCUT2D eigenvalue weighted by atomic mass is 10.1. The van der Waals surface area contributed by atoms with Gasteiger partial charge in [-0.05, 0) is 13.1 Å². The van der Waals surface area contributed by atoms with Crippen LogP contribution in [0.1, 0.15) is 5.56 Å². The quantitative estimate of drug-likeness (QED) is 0.914. The topological polar surface area (TPSA) is 48.7 Å². The number of carbonyl (C=O) groups excluding carboxylic acids is 1. The van der Waals surface area contributed by atoms with Crippen LogP contribution in [0.5, 0.6) is 0 Å². The Hall–Kier alpha value is -1.85. The summed E-state index contributed by atoms with van der Waals surface area (Å²) in [5.74, 6) is 0.0149. The van der Waals surface area contributed by atoms with Crippen molar-refractivity contribution in [3.8, 4) is 0 Å². The summed E-state index contributed by atoms with van der Waals surface area (Å²) in [4.78, 5) is 14.4. The first kappa shape index (κ1) is 13.1. The van der Waals surface area contributed by atoms with E-state index in [1.807, 2.05) is 29.3 Å². The second-order valence-corrected chi connectivity index (χ2v) is 5.26. The van der Waals surface area contributed by atoms with E-state index in [-0.39, 0.29) is 5.91 Å². The summed E-state index contributed by atoms with van der Waals surface area (Å²) < 4.78 is 5.45. The number of furan rings is 1. The third-order valence-electron chi connectivity index (χ3n) is 3.70. The monoisotopic (exact) mass is 273 g/mol. The molecule has 1 N–H and O–H groups in total. The number of para-hydroxylation sites is 1. The summed E-state index contributed by atoms with van der Waals surface area (Å²) in [6, 6.07) is 7.79.